The minimum atomic E-state index is -0.167. The second-order valence-corrected chi connectivity index (χ2v) is 5.77. The Morgan fingerprint density at radius 3 is 2.65 bits per heavy atom. The van der Waals surface area contributed by atoms with Crippen LogP contribution in [0.15, 0.2) is 24.3 Å². The number of thiocarbonyl (C=S) groups is 1. The van der Waals surface area contributed by atoms with Crippen molar-refractivity contribution in [3.8, 4) is 0 Å². The van der Waals surface area contributed by atoms with Crippen molar-refractivity contribution in [2.24, 2.45) is 5.73 Å². The minimum Gasteiger partial charge on any atom is -0.389 e. The molecule has 1 aromatic rings. The summed E-state index contributed by atoms with van der Waals surface area (Å²) in [6, 6.07) is 7.72. The van der Waals surface area contributed by atoms with Gasteiger partial charge in [-0.15, -0.1) is 0 Å². The number of benzene rings is 1. The summed E-state index contributed by atoms with van der Waals surface area (Å²) < 4.78 is 0. The van der Waals surface area contributed by atoms with Crippen LogP contribution in [-0.4, -0.2) is 34.9 Å². The van der Waals surface area contributed by atoms with Crippen LogP contribution in [0, 0.1) is 0 Å². The van der Waals surface area contributed by atoms with Crippen molar-refractivity contribution in [3.63, 3.8) is 0 Å². The average Bonchev–Trinajstić information content (AvgIpc) is 2.36. The molecule has 4 nitrogen and oxygen atoms in total. The van der Waals surface area contributed by atoms with E-state index in [4.69, 9.17) is 18.0 Å². The Hall–Kier alpha value is -1.46. The van der Waals surface area contributed by atoms with Crippen LogP contribution in [0.1, 0.15) is 31.7 Å². The molecule has 1 aliphatic carbocycles. The van der Waals surface area contributed by atoms with Gasteiger partial charge in [-0.2, -0.15) is 0 Å². The number of para-hydroxylation sites is 1. The molecular weight excluding hydrogens is 270 g/mol. The van der Waals surface area contributed by atoms with Gasteiger partial charge >= 0.3 is 0 Å². The molecule has 108 valence electrons. The summed E-state index contributed by atoms with van der Waals surface area (Å²) in [5.74, 6) is -0.0249. The second-order valence-electron chi connectivity index (χ2n) is 5.33. The Labute approximate surface area is 125 Å². The zero-order chi connectivity index (χ0) is 14.7. The third-order valence-corrected chi connectivity index (χ3v) is 4.31. The van der Waals surface area contributed by atoms with E-state index in [-0.39, 0.29) is 11.9 Å². The van der Waals surface area contributed by atoms with Crippen molar-refractivity contribution in [2.75, 3.05) is 12.4 Å². The van der Waals surface area contributed by atoms with Crippen molar-refractivity contribution in [2.45, 2.75) is 38.3 Å². The Morgan fingerprint density at radius 2 is 2.10 bits per heavy atom. The number of rotatable bonds is 5. The molecule has 1 aliphatic rings. The molecule has 1 aromatic carbocycles. The normalized spacial score (nSPS) is 16.6. The van der Waals surface area contributed by atoms with Crippen molar-refractivity contribution in [3.05, 3.63) is 29.8 Å². The van der Waals surface area contributed by atoms with E-state index in [2.05, 4.69) is 10.2 Å². The monoisotopic (exact) mass is 291 g/mol. The maximum Gasteiger partial charge on any atom is 0.241 e. The molecule has 0 spiro atoms. The van der Waals surface area contributed by atoms with Crippen molar-refractivity contribution >= 4 is 28.8 Å². The van der Waals surface area contributed by atoms with E-state index in [1.54, 1.807) is 0 Å². The predicted molar refractivity (Wildman–Crippen MR) is 85.8 cm³/mol. The van der Waals surface area contributed by atoms with Crippen LogP contribution in [0.3, 0.4) is 0 Å². The number of hydrogen-bond acceptors (Lipinski definition) is 3. The average molecular weight is 291 g/mol. The first-order valence-corrected chi connectivity index (χ1v) is 7.33. The quantitative estimate of drug-likeness (QED) is 0.816. The highest BCUT2D eigenvalue weighted by Gasteiger charge is 2.29. The van der Waals surface area contributed by atoms with Crippen molar-refractivity contribution < 1.29 is 4.79 Å². The first-order chi connectivity index (χ1) is 9.50. The van der Waals surface area contributed by atoms with Gasteiger partial charge in [0.05, 0.1) is 11.7 Å². The van der Waals surface area contributed by atoms with Gasteiger partial charge in [0.2, 0.25) is 5.91 Å². The fraction of sp³-hybridized carbons (Fsp3) is 0.467. The van der Waals surface area contributed by atoms with Crippen LogP contribution < -0.4 is 11.1 Å². The number of nitrogens with one attached hydrogen (secondary N) is 1. The predicted octanol–water partition coefficient (Wildman–Crippen LogP) is 2.13. The lowest BCUT2D eigenvalue weighted by molar-refractivity contribution is -0.121. The Bertz CT molecular complexity index is 514. The van der Waals surface area contributed by atoms with Gasteiger partial charge in [0.25, 0.3) is 0 Å². The molecule has 1 atom stereocenters. The van der Waals surface area contributed by atoms with Gasteiger partial charge < -0.3 is 11.1 Å². The molecule has 0 radical (unpaired) electrons. The summed E-state index contributed by atoms with van der Waals surface area (Å²) in [7, 11) is 2.01. The second kappa shape index (κ2) is 6.33. The Balaban J connectivity index is 2.05. The number of amides is 1. The lowest BCUT2D eigenvalue weighted by Crippen LogP contribution is -2.48. The fourth-order valence-electron chi connectivity index (χ4n) is 2.34. The number of carbonyl (C=O) groups is 1. The molecular formula is C15H21N3OS. The summed E-state index contributed by atoms with van der Waals surface area (Å²) in [5.41, 5.74) is 7.06. The molecule has 1 fully saturated rings. The van der Waals surface area contributed by atoms with Crippen LogP contribution in [0.5, 0.6) is 0 Å². The molecule has 0 heterocycles. The van der Waals surface area contributed by atoms with E-state index in [0.29, 0.717) is 22.3 Å². The molecule has 2 rings (SSSR count). The number of nitrogens with zero attached hydrogens (tertiary/aromatic N) is 1. The number of anilines is 1. The van der Waals surface area contributed by atoms with Crippen LogP contribution in [0.4, 0.5) is 5.69 Å². The highest BCUT2D eigenvalue weighted by atomic mass is 32.1. The van der Waals surface area contributed by atoms with E-state index >= 15 is 0 Å². The van der Waals surface area contributed by atoms with Gasteiger partial charge in [0.15, 0.2) is 0 Å². The molecule has 20 heavy (non-hydrogen) atoms. The van der Waals surface area contributed by atoms with E-state index in [0.717, 1.165) is 0 Å². The number of nitrogens with two attached hydrogens (primary N) is 1. The number of carbonyl (C=O) groups excluding carboxylic acids is 1. The van der Waals surface area contributed by atoms with Crippen LogP contribution in [-0.2, 0) is 4.79 Å². The zero-order valence-corrected chi connectivity index (χ0v) is 12.7. The third-order valence-electron chi connectivity index (χ3n) is 4.09. The first kappa shape index (κ1) is 14.9. The van der Waals surface area contributed by atoms with Gasteiger partial charge in [0.1, 0.15) is 4.99 Å². The molecule has 1 unspecified atom stereocenters. The maximum atomic E-state index is 12.3. The highest BCUT2D eigenvalue weighted by molar-refractivity contribution is 7.80. The topological polar surface area (TPSA) is 58.4 Å². The van der Waals surface area contributed by atoms with Crippen molar-refractivity contribution in [1.82, 2.24) is 4.90 Å². The number of hydrogen-bond donors (Lipinski definition) is 2. The Kier molecular flexibility index (Phi) is 4.73. The smallest absolute Gasteiger partial charge is 0.241 e. The van der Waals surface area contributed by atoms with Crippen molar-refractivity contribution in [1.29, 1.82) is 0 Å². The molecule has 1 amide bonds. The molecule has 0 bridgehead atoms. The summed E-state index contributed by atoms with van der Waals surface area (Å²) in [5, 5.41) is 2.93. The van der Waals surface area contributed by atoms with E-state index in [1.807, 2.05) is 38.2 Å². The zero-order valence-electron chi connectivity index (χ0n) is 11.9. The molecule has 0 aromatic heterocycles. The maximum absolute atomic E-state index is 12.3. The van der Waals surface area contributed by atoms with Crippen LogP contribution in [0.25, 0.3) is 0 Å². The number of likely N-dealkylation sites (N-methyl/N-ethyl adjacent to an activating group) is 1. The molecule has 1 saturated carbocycles. The van der Waals surface area contributed by atoms with E-state index < -0.39 is 0 Å². The summed E-state index contributed by atoms with van der Waals surface area (Å²) in [4.78, 5) is 14.8. The largest absolute Gasteiger partial charge is 0.389 e. The van der Waals surface area contributed by atoms with Gasteiger partial charge in [-0.25, -0.2) is 0 Å². The lowest BCUT2D eigenvalue weighted by Gasteiger charge is -2.37. The van der Waals surface area contributed by atoms with Gasteiger partial charge in [-0.1, -0.05) is 30.8 Å². The van der Waals surface area contributed by atoms with Gasteiger partial charge in [0, 0.05) is 11.6 Å². The first-order valence-electron chi connectivity index (χ1n) is 6.92. The minimum absolute atomic E-state index is 0.0249. The third kappa shape index (κ3) is 3.16. The van der Waals surface area contributed by atoms with E-state index in [1.165, 1.54) is 19.3 Å². The standard InChI is InChI=1S/C15H21N3OS/c1-10(18(2)11-6-5-7-11)15(19)17-13-9-4-3-8-12(13)14(16)20/h3-4,8-11H,5-7H2,1-2H3,(H2,16,20)(H,17,19). The Morgan fingerprint density at radius 1 is 1.45 bits per heavy atom. The fourth-order valence-corrected chi connectivity index (χ4v) is 2.52. The van der Waals surface area contributed by atoms with Crippen LogP contribution in [0.2, 0.25) is 0 Å². The summed E-state index contributed by atoms with van der Waals surface area (Å²) in [6.45, 7) is 1.93. The van der Waals surface area contributed by atoms with Crippen LogP contribution >= 0.6 is 12.2 Å². The molecule has 0 aliphatic heterocycles. The lowest BCUT2D eigenvalue weighted by atomic mass is 9.91. The van der Waals surface area contributed by atoms with E-state index in [9.17, 15) is 4.79 Å². The molecule has 3 N–H and O–H groups in total. The van der Waals surface area contributed by atoms with Gasteiger partial charge in [-0.05, 0) is 38.9 Å². The molecule has 0 saturated heterocycles. The summed E-state index contributed by atoms with van der Waals surface area (Å²) >= 11 is 5.01. The summed E-state index contributed by atoms with van der Waals surface area (Å²) in [6.07, 6.45) is 3.61. The highest BCUT2D eigenvalue weighted by Crippen LogP contribution is 2.25. The van der Waals surface area contributed by atoms with Gasteiger partial charge in [-0.3, -0.25) is 9.69 Å². The SMILES string of the molecule is CC(C(=O)Nc1ccccc1C(N)=S)N(C)C1CCC1. The molecule has 5 heteroatoms.